The largest absolute Gasteiger partial charge is 0.360 e. The van der Waals surface area contributed by atoms with Gasteiger partial charge >= 0.3 is 0 Å². The summed E-state index contributed by atoms with van der Waals surface area (Å²) in [7, 11) is 0. The monoisotopic (exact) mass is 341 g/mol. The van der Waals surface area contributed by atoms with Crippen molar-refractivity contribution in [3.8, 4) is 0 Å². The quantitative estimate of drug-likeness (QED) is 0.791. The summed E-state index contributed by atoms with van der Waals surface area (Å²) in [4.78, 5) is 24.0. The molecule has 2 amide bonds. The molecule has 0 radical (unpaired) electrons. The van der Waals surface area contributed by atoms with Crippen molar-refractivity contribution in [3.05, 3.63) is 53.3 Å². The Morgan fingerprint density at radius 2 is 1.88 bits per heavy atom. The van der Waals surface area contributed by atoms with Crippen LogP contribution in [0.25, 0.3) is 5.57 Å². The van der Waals surface area contributed by atoms with Crippen molar-refractivity contribution in [2.45, 2.75) is 27.7 Å². The summed E-state index contributed by atoms with van der Waals surface area (Å²) in [5.74, 6) is 0.435. The highest BCUT2D eigenvalue weighted by atomic mass is 16.5. The number of anilines is 1. The van der Waals surface area contributed by atoms with Crippen molar-refractivity contribution in [1.82, 2.24) is 10.5 Å². The van der Waals surface area contributed by atoms with E-state index in [1.54, 1.807) is 19.1 Å². The van der Waals surface area contributed by atoms with Gasteiger partial charge in [-0.25, -0.2) is 0 Å². The maximum Gasteiger partial charge on any atom is 0.245 e. The second-order valence-electron chi connectivity index (χ2n) is 6.21. The summed E-state index contributed by atoms with van der Waals surface area (Å²) < 4.78 is 4.87. The van der Waals surface area contributed by atoms with E-state index >= 15 is 0 Å². The van der Waals surface area contributed by atoms with Gasteiger partial charge in [0.25, 0.3) is 0 Å². The molecule has 1 aromatic heterocycles. The van der Waals surface area contributed by atoms with Crippen LogP contribution in [0, 0.1) is 19.8 Å². The first-order chi connectivity index (χ1) is 11.8. The lowest BCUT2D eigenvalue weighted by atomic mass is 9.94. The average Bonchev–Trinajstić information content (AvgIpc) is 2.96. The van der Waals surface area contributed by atoms with Gasteiger partial charge in [-0.1, -0.05) is 48.8 Å². The molecule has 2 N–H and O–H groups in total. The molecule has 25 heavy (non-hydrogen) atoms. The van der Waals surface area contributed by atoms with E-state index in [4.69, 9.17) is 4.52 Å². The van der Waals surface area contributed by atoms with E-state index in [1.165, 1.54) is 0 Å². The van der Waals surface area contributed by atoms with Crippen LogP contribution in [0.5, 0.6) is 0 Å². The van der Waals surface area contributed by atoms with E-state index in [2.05, 4.69) is 15.8 Å². The zero-order valence-corrected chi connectivity index (χ0v) is 14.9. The number of aryl methyl sites for hydroxylation is 2. The van der Waals surface area contributed by atoms with Crippen LogP contribution in [-0.4, -0.2) is 23.5 Å². The highest BCUT2D eigenvalue weighted by Crippen LogP contribution is 2.23. The molecule has 1 heterocycles. The molecule has 6 heteroatoms. The number of benzene rings is 1. The summed E-state index contributed by atoms with van der Waals surface area (Å²) in [5.41, 5.74) is 3.08. The number of amides is 2. The van der Waals surface area contributed by atoms with E-state index in [0.717, 1.165) is 16.7 Å². The van der Waals surface area contributed by atoms with Gasteiger partial charge in [0.15, 0.2) is 5.82 Å². The van der Waals surface area contributed by atoms with E-state index < -0.39 is 0 Å². The van der Waals surface area contributed by atoms with Crippen LogP contribution >= 0.6 is 0 Å². The zero-order chi connectivity index (χ0) is 18.4. The topological polar surface area (TPSA) is 84.2 Å². The molecular formula is C19H23N3O3. The lowest BCUT2D eigenvalue weighted by Crippen LogP contribution is -2.32. The summed E-state index contributed by atoms with van der Waals surface area (Å²) in [5, 5.41) is 8.81. The van der Waals surface area contributed by atoms with Crippen molar-refractivity contribution in [2.24, 2.45) is 5.92 Å². The Morgan fingerprint density at radius 1 is 1.20 bits per heavy atom. The Labute approximate surface area is 147 Å². The SMILES string of the molecule is Cc1ccc(/C(=C/C(=O)NCC(=O)Nc2cc(C)on2)C(C)C)cc1. The van der Waals surface area contributed by atoms with Crippen LogP contribution in [-0.2, 0) is 9.59 Å². The van der Waals surface area contributed by atoms with Crippen molar-refractivity contribution in [1.29, 1.82) is 0 Å². The molecular weight excluding hydrogens is 318 g/mol. The van der Waals surface area contributed by atoms with E-state index in [9.17, 15) is 9.59 Å². The van der Waals surface area contributed by atoms with Crippen molar-refractivity contribution in [2.75, 3.05) is 11.9 Å². The molecule has 0 aliphatic carbocycles. The molecule has 0 atom stereocenters. The van der Waals surface area contributed by atoms with Crippen LogP contribution in [0.15, 0.2) is 40.9 Å². The van der Waals surface area contributed by atoms with Gasteiger partial charge in [0, 0.05) is 12.1 Å². The summed E-state index contributed by atoms with van der Waals surface area (Å²) in [6, 6.07) is 9.61. The van der Waals surface area contributed by atoms with Crippen molar-refractivity contribution < 1.29 is 14.1 Å². The van der Waals surface area contributed by atoms with E-state index in [-0.39, 0.29) is 24.3 Å². The standard InChI is InChI=1S/C19H23N3O3/c1-12(2)16(15-7-5-13(3)6-8-15)10-18(23)20-11-19(24)21-17-9-14(4)25-22-17/h5-10,12H,11H2,1-4H3,(H,20,23)(H,21,22,24)/b16-10+. The fourth-order valence-corrected chi connectivity index (χ4v) is 2.30. The fraction of sp³-hybridized carbons (Fsp3) is 0.316. The van der Waals surface area contributed by atoms with E-state index in [1.807, 2.05) is 45.0 Å². The third-order valence-electron chi connectivity index (χ3n) is 3.61. The summed E-state index contributed by atoms with van der Waals surface area (Å²) in [6.45, 7) is 7.66. The first kappa shape index (κ1) is 18.4. The lowest BCUT2D eigenvalue weighted by Gasteiger charge is -2.12. The molecule has 0 saturated heterocycles. The molecule has 2 aromatic rings. The minimum absolute atomic E-state index is 0.138. The maximum absolute atomic E-state index is 12.2. The number of carbonyl (C=O) groups is 2. The molecule has 0 saturated carbocycles. The number of aromatic nitrogens is 1. The third-order valence-corrected chi connectivity index (χ3v) is 3.61. The Morgan fingerprint density at radius 3 is 2.44 bits per heavy atom. The smallest absolute Gasteiger partial charge is 0.245 e. The van der Waals surface area contributed by atoms with Gasteiger partial charge in [0.1, 0.15) is 5.76 Å². The predicted octanol–water partition coefficient (Wildman–Crippen LogP) is 3.09. The number of hydrogen-bond acceptors (Lipinski definition) is 4. The van der Waals surface area contributed by atoms with Gasteiger partial charge in [0.05, 0.1) is 6.54 Å². The predicted molar refractivity (Wildman–Crippen MR) is 96.9 cm³/mol. The second-order valence-corrected chi connectivity index (χ2v) is 6.21. The third kappa shape index (κ3) is 5.60. The zero-order valence-electron chi connectivity index (χ0n) is 14.9. The molecule has 0 aliphatic heterocycles. The van der Waals surface area contributed by atoms with Crippen LogP contribution in [0.1, 0.15) is 30.7 Å². The fourth-order valence-electron chi connectivity index (χ4n) is 2.30. The average molecular weight is 341 g/mol. The number of nitrogens with zero attached hydrogens (tertiary/aromatic N) is 1. The van der Waals surface area contributed by atoms with Crippen LogP contribution < -0.4 is 10.6 Å². The van der Waals surface area contributed by atoms with Crippen LogP contribution in [0.3, 0.4) is 0 Å². The molecule has 0 fully saturated rings. The molecule has 2 rings (SSSR count). The minimum Gasteiger partial charge on any atom is -0.360 e. The van der Waals surface area contributed by atoms with Gasteiger partial charge < -0.3 is 15.2 Å². The van der Waals surface area contributed by atoms with Crippen molar-refractivity contribution in [3.63, 3.8) is 0 Å². The Hall–Kier alpha value is -2.89. The molecule has 132 valence electrons. The highest BCUT2D eigenvalue weighted by Gasteiger charge is 2.11. The normalized spacial score (nSPS) is 11.5. The number of hydrogen-bond donors (Lipinski definition) is 2. The van der Waals surface area contributed by atoms with Gasteiger partial charge in [-0.3, -0.25) is 9.59 Å². The summed E-state index contributed by atoms with van der Waals surface area (Å²) in [6.07, 6.45) is 1.54. The molecule has 1 aromatic carbocycles. The number of carbonyl (C=O) groups excluding carboxylic acids is 2. The highest BCUT2D eigenvalue weighted by molar-refractivity contribution is 5.99. The maximum atomic E-state index is 12.2. The molecule has 0 bridgehead atoms. The molecule has 0 spiro atoms. The van der Waals surface area contributed by atoms with Gasteiger partial charge in [-0.05, 0) is 30.9 Å². The Bertz CT molecular complexity index is 773. The number of rotatable bonds is 6. The molecule has 0 unspecified atom stereocenters. The second kappa shape index (κ2) is 8.28. The van der Waals surface area contributed by atoms with Gasteiger partial charge in [-0.2, -0.15) is 0 Å². The van der Waals surface area contributed by atoms with Crippen LogP contribution in [0.4, 0.5) is 5.82 Å². The minimum atomic E-state index is -0.364. The first-order valence-corrected chi connectivity index (χ1v) is 8.15. The Kier molecular flexibility index (Phi) is 6.11. The molecule has 0 aliphatic rings. The summed E-state index contributed by atoms with van der Waals surface area (Å²) >= 11 is 0. The van der Waals surface area contributed by atoms with E-state index in [0.29, 0.717) is 11.6 Å². The number of nitrogens with one attached hydrogen (secondary N) is 2. The Balaban J connectivity index is 1.96. The first-order valence-electron chi connectivity index (χ1n) is 8.15. The lowest BCUT2D eigenvalue weighted by molar-refractivity contribution is -0.121. The van der Waals surface area contributed by atoms with Crippen molar-refractivity contribution >= 4 is 23.2 Å². The van der Waals surface area contributed by atoms with Gasteiger partial charge in [-0.15, -0.1) is 0 Å². The van der Waals surface area contributed by atoms with Gasteiger partial charge in [0.2, 0.25) is 11.8 Å². The van der Waals surface area contributed by atoms with Crippen LogP contribution in [0.2, 0.25) is 0 Å². The number of allylic oxidation sites excluding steroid dienone is 1. The molecule has 6 nitrogen and oxygen atoms in total.